The molecule has 1 fully saturated rings. The molecule has 1 saturated heterocycles. The smallest absolute Gasteiger partial charge is 0.132 e. The molecular weight excluding hydrogens is 400 g/mol. The van der Waals surface area contributed by atoms with Gasteiger partial charge in [0.05, 0.1) is 6.61 Å². The van der Waals surface area contributed by atoms with Crippen LogP contribution in [0.1, 0.15) is 0 Å². The van der Waals surface area contributed by atoms with E-state index >= 15 is 0 Å². The van der Waals surface area contributed by atoms with Crippen molar-refractivity contribution in [1.82, 2.24) is 0 Å². The van der Waals surface area contributed by atoms with Crippen molar-refractivity contribution < 1.29 is 99.4 Å². The molecule has 0 bridgehead atoms. The Bertz CT molecular complexity index is 160. The first-order valence-electron chi connectivity index (χ1n) is 3.95. The van der Waals surface area contributed by atoms with Gasteiger partial charge in [-0.05, 0) is 6.26 Å². The molecule has 0 amide bonds. The predicted molar refractivity (Wildman–Crippen MR) is 47.3 cm³/mol. The first kappa shape index (κ1) is 27.8. The molecule has 17 heavy (non-hydrogen) atoms. The van der Waals surface area contributed by atoms with Crippen LogP contribution in [0.15, 0.2) is 0 Å². The molecule has 1 heterocycles. The molecule has 0 aromatic rings. The molecule has 5 unspecified atom stereocenters. The Morgan fingerprint density at radius 3 is 1.76 bits per heavy atom. The first-order valence-corrected chi connectivity index (χ1v) is 5.24. The van der Waals surface area contributed by atoms with Crippen molar-refractivity contribution in [2.24, 2.45) is 0 Å². The second kappa shape index (κ2) is 13.5. The molecule has 0 spiro atoms. The molecule has 1 rings (SSSR count). The minimum Gasteiger partial charge on any atom is -0.394 e. The summed E-state index contributed by atoms with van der Waals surface area (Å²) < 4.78 is 5.13. The molecule has 0 aromatic heterocycles. The molecule has 5 nitrogen and oxygen atoms in total. The Labute approximate surface area is 152 Å². The van der Waals surface area contributed by atoms with E-state index in [0.29, 0.717) is 0 Å². The largest absolute Gasteiger partial charge is 0.394 e. The Hall–Kier alpha value is 2.49. The number of rotatable bonds is 2. The molecule has 1 aliphatic rings. The average molecular weight is 414 g/mol. The molecule has 0 saturated carbocycles. The van der Waals surface area contributed by atoms with Crippen LogP contribution in [0.25, 0.3) is 0 Å². The van der Waals surface area contributed by atoms with Gasteiger partial charge in [-0.25, -0.2) is 0 Å². The van der Waals surface area contributed by atoms with Crippen LogP contribution in [0.4, 0.5) is 0 Å². The van der Waals surface area contributed by atoms with E-state index < -0.39 is 29.9 Å². The van der Waals surface area contributed by atoms with Crippen LogP contribution in [-0.4, -0.2) is 63.1 Å². The molecule has 0 aromatic carbocycles. The Morgan fingerprint density at radius 2 is 1.41 bits per heavy atom. The van der Waals surface area contributed by atoms with Crippen molar-refractivity contribution >= 4 is 11.8 Å². The fraction of sp³-hybridized carbons (Fsp3) is 1.00. The van der Waals surface area contributed by atoms with Crippen molar-refractivity contribution in [2.45, 2.75) is 29.9 Å². The molecule has 1 aliphatic heterocycles. The van der Waals surface area contributed by atoms with Crippen LogP contribution in [0, 0.1) is 0 Å². The van der Waals surface area contributed by atoms with Crippen LogP contribution in [0.5, 0.6) is 0 Å². The van der Waals surface area contributed by atoms with Gasteiger partial charge in [0.2, 0.25) is 0 Å². The third-order valence-corrected chi connectivity index (χ3v) is 2.94. The quantitative estimate of drug-likeness (QED) is 0.424. The van der Waals surface area contributed by atoms with Gasteiger partial charge in [0, 0.05) is 74.2 Å². The molecule has 4 radical (unpaired) electrons. The molecular formula is C7H14O5SV4. The van der Waals surface area contributed by atoms with Crippen molar-refractivity contribution in [3.8, 4) is 0 Å². The third-order valence-electron chi connectivity index (χ3n) is 2.08. The Balaban J connectivity index is -0.000000211. The van der Waals surface area contributed by atoms with E-state index in [2.05, 4.69) is 0 Å². The third kappa shape index (κ3) is 7.16. The number of aliphatic hydroxyl groups excluding tert-OH is 4. The summed E-state index contributed by atoms with van der Waals surface area (Å²) in [6.07, 6.45) is -2.72. The van der Waals surface area contributed by atoms with Crippen molar-refractivity contribution in [3.63, 3.8) is 0 Å². The first-order chi connectivity index (χ1) is 6.11. The SMILES string of the molecule is CSC1OC(CO)C(O)C(O)C1O.[V].[V].[V].[V]. The Morgan fingerprint density at radius 1 is 0.941 bits per heavy atom. The van der Waals surface area contributed by atoms with Gasteiger partial charge in [-0.2, -0.15) is 0 Å². The van der Waals surface area contributed by atoms with Crippen LogP contribution in [0.3, 0.4) is 0 Å². The van der Waals surface area contributed by atoms with Crippen molar-refractivity contribution in [3.05, 3.63) is 0 Å². The average Bonchev–Trinajstić information content (AvgIpc) is 2.15. The van der Waals surface area contributed by atoms with Crippen LogP contribution >= 0.6 is 11.8 Å². The topological polar surface area (TPSA) is 90.2 Å². The van der Waals surface area contributed by atoms with Gasteiger partial charge < -0.3 is 25.2 Å². The van der Waals surface area contributed by atoms with E-state index in [1.807, 2.05) is 0 Å². The summed E-state index contributed by atoms with van der Waals surface area (Å²) in [5.74, 6) is 0. The summed E-state index contributed by atoms with van der Waals surface area (Å²) in [5, 5.41) is 36.8. The molecule has 4 N–H and O–H groups in total. The van der Waals surface area contributed by atoms with Gasteiger partial charge in [-0.15, -0.1) is 11.8 Å². The zero-order chi connectivity index (χ0) is 10.0. The number of aliphatic hydroxyl groups is 4. The number of hydrogen-bond donors (Lipinski definition) is 4. The van der Waals surface area contributed by atoms with E-state index in [4.69, 9.17) is 9.84 Å². The van der Waals surface area contributed by atoms with Crippen molar-refractivity contribution in [1.29, 1.82) is 0 Å². The normalized spacial score (nSPS) is 35.5. The minimum atomic E-state index is -1.26. The molecule has 0 aliphatic carbocycles. The van der Waals surface area contributed by atoms with E-state index in [-0.39, 0.29) is 80.8 Å². The number of ether oxygens (including phenoxy) is 1. The molecule has 98 valence electrons. The van der Waals surface area contributed by atoms with Gasteiger partial charge in [-0.1, -0.05) is 0 Å². The zero-order valence-electron chi connectivity index (χ0n) is 8.99. The van der Waals surface area contributed by atoms with Gasteiger partial charge in [-0.3, -0.25) is 0 Å². The van der Waals surface area contributed by atoms with E-state index in [9.17, 15) is 15.3 Å². The monoisotopic (exact) mass is 414 g/mol. The van der Waals surface area contributed by atoms with Gasteiger partial charge in [0.25, 0.3) is 0 Å². The summed E-state index contributed by atoms with van der Waals surface area (Å²) in [7, 11) is 0. The second-order valence-electron chi connectivity index (χ2n) is 2.93. The summed E-state index contributed by atoms with van der Waals surface area (Å²) in [6, 6.07) is 0. The standard InChI is InChI=1S/C7H14O5S.4V/c1-13-7-6(11)5(10)4(9)3(2-8)12-7;;;;/h3-11H,2H2,1H3;;;;. The van der Waals surface area contributed by atoms with Crippen molar-refractivity contribution in [2.75, 3.05) is 12.9 Å². The maximum absolute atomic E-state index is 9.38. The summed E-state index contributed by atoms with van der Waals surface area (Å²) in [5.41, 5.74) is -0.601. The molecule has 10 heteroatoms. The minimum absolute atomic E-state index is 0. The van der Waals surface area contributed by atoms with E-state index in [1.165, 1.54) is 11.8 Å². The maximum atomic E-state index is 9.38. The second-order valence-corrected chi connectivity index (χ2v) is 3.87. The number of hydrogen-bond acceptors (Lipinski definition) is 6. The zero-order valence-corrected chi connectivity index (χ0v) is 15.4. The fourth-order valence-electron chi connectivity index (χ4n) is 1.26. The molecule has 5 atom stereocenters. The van der Waals surface area contributed by atoms with Gasteiger partial charge in [0.15, 0.2) is 0 Å². The summed E-state index contributed by atoms with van der Waals surface area (Å²) in [6.45, 7) is -0.373. The van der Waals surface area contributed by atoms with Crippen LogP contribution < -0.4 is 0 Å². The van der Waals surface area contributed by atoms with Gasteiger partial charge >= 0.3 is 0 Å². The Kier molecular flexibility index (Phi) is 22.0. The van der Waals surface area contributed by atoms with E-state index in [0.717, 1.165) is 0 Å². The van der Waals surface area contributed by atoms with Crippen LogP contribution in [0.2, 0.25) is 0 Å². The summed E-state index contributed by atoms with van der Waals surface area (Å²) >= 11 is 1.22. The van der Waals surface area contributed by atoms with Crippen LogP contribution in [-0.2, 0) is 79.0 Å². The predicted octanol–water partition coefficient (Wildman–Crippen LogP) is -1.86. The van der Waals surface area contributed by atoms with E-state index in [1.54, 1.807) is 6.26 Å². The number of thioether (sulfide) groups is 1. The van der Waals surface area contributed by atoms with Gasteiger partial charge in [0.1, 0.15) is 29.9 Å². The maximum Gasteiger partial charge on any atom is 0.132 e. The summed E-state index contributed by atoms with van der Waals surface area (Å²) in [4.78, 5) is 0. The fourth-order valence-corrected chi connectivity index (χ4v) is 1.96.